The van der Waals surface area contributed by atoms with E-state index in [4.69, 9.17) is 23.9 Å². The SMILES string of the molecule is CCCCn1c(-c2ccccc2)nc(CC)c1CN(Cc1ccc2c(c1)OCO2)Cc1ccc2c(c1)OCO2. The predicted octanol–water partition coefficient (Wildman–Crippen LogP) is 6.57. The smallest absolute Gasteiger partial charge is 0.231 e. The van der Waals surface area contributed by atoms with Crippen LogP contribution in [0.15, 0.2) is 66.7 Å². The molecule has 7 heteroatoms. The molecule has 202 valence electrons. The molecule has 7 nitrogen and oxygen atoms in total. The fourth-order valence-electron chi connectivity index (χ4n) is 5.34. The van der Waals surface area contributed by atoms with Crippen molar-refractivity contribution in [2.75, 3.05) is 13.6 Å². The molecule has 0 aliphatic carbocycles. The Labute approximate surface area is 229 Å². The summed E-state index contributed by atoms with van der Waals surface area (Å²) in [6.45, 7) is 8.23. The zero-order valence-electron chi connectivity index (χ0n) is 22.7. The molecule has 1 aromatic heterocycles. The van der Waals surface area contributed by atoms with E-state index in [9.17, 15) is 0 Å². The Morgan fingerprint density at radius 1 is 0.744 bits per heavy atom. The number of unbranched alkanes of at least 4 members (excludes halogenated alkanes) is 1. The largest absolute Gasteiger partial charge is 0.454 e. The highest BCUT2D eigenvalue weighted by Crippen LogP contribution is 2.35. The van der Waals surface area contributed by atoms with E-state index in [2.05, 4.69) is 77.9 Å². The molecule has 0 unspecified atom stereocenters. The number of fused-ring (bicyclic) bond motifs is 2. The molecule has 4 aromatic rings. The van der Waals surface area contributed by atoms with Crippen molar-refractivity contribution in [3.63, 3.8) is 0 Å². The number of nitrogens with zero attached hydrogens (tertiary/aromatic N) is 3. The van der Waals surface area contributed by atoms with Gasteiger partial charge in [-0.3, -0.25) is 4.90 Å². The van der Waals surface area contributed by atoms with Crippen LogP contribution in [0, 0.1) is 0 Å². The van der Waals surface area contributed by atoms with Gasteiger partial charge in [-0.2, -0.15) is 0 Å². The summed E-state index contributed by atoms with van der Waals surface area (Å²) in [6.07, 6.45) is 3.12. The number of aryl methyl sites for hydroxylation is 1. The van der Waals surface area contributed by atoms with Crippen LogP contribution in [0.5, 0.6) is 23.0 Å². The van der Waals surface area contributed by atoms with Crippen molar-refractivity contribution in [1.29, 1.82) is 0 Å². The number of aromatic nitrogens is 2. The number of hydrogen-bond acceptors (Lipinski definition) is 6. The number of ether oxygens (including phenoxy) is 4. The van der Waals surface area contributed by atoms with Crippen molar-refractivity contribution in [1.82, 2.24) is 14.5 Å². The minimum Gasteiger partial charge on any atom is -0.454 e. The van der Waals surface area contributed by atoms with Crippen LogP contribution in [-0.2, 0) is 32.6 Å². The van der Waals surface area contributed by atoms with Crippen LogP contribution >= 0.6 is 0 Å². The number of hydrogen-bond donors (Lipinski definition) is 0. The van der Waals surface area contributed by atoms with Crippen LogP contribution in [0.25, 0.3) is 11.4 Å². The zero-order valence-corrected chi connectivity index (χ0v) is 22.7. The lowest BCUT2D eigenvalue weighted by Crippen LogP contribution is -2.25. The standard InChI is InChI=1S/C32H35N3O4/c1-3-5-15-35-27(26(4-2)33-32(35)25-9-7-6-8-10-25)20-34(18-23-11-13-28-30(16-23)38-21-36-28)19-24-12-14-29-31(17-24)39-22-37-29/h6-14,16-17H,3-5,15,18-22H2,1-2H3. The summed E-state index contributed by atoms with van der Waals surface area (Å²) < 4.78 is 24.9. The minimum atomic E-state index is 0.276. The van der Waals surface area contributed by atoms with Gasteiger partial charge in [-0.25, -0.2) is 4.98 Å². The normalized spacial score (nSPS) is 13.4. The van der Waals surface area contributed by atoms with E-state index in [-0.39, 0.29) is 13.6 Å². The van der Waals surface area contributed by atoms with Gasteiger partial charge in [-0.1, -0.05) is 62.7 Å². The van der Waals surface area contributed by atoms with E-state index >= 15 is 0 Å². The number of imidazole rings is 1. The Morgan fingerprint density at radius 3 is 1.95 bits per heavy atom. The molecule has 0 N–H and O–H groups in total. The number of rotatable bonds is 11. The summed E-state index contributed by atoms with van der Waals surface area (Å²) >= 11 is 0. The third-order valence-electron chi connectivity index (χ3n) is 7.32. The molecule has 0 saturated heterocycles. The molecule has 0 saturated carbocycles. The topological polar surface area (TPSA) is 58.0 Å². The molecular formula is C32H35N3O4. The summed E-state index contributed by atoms with van der Waals surface area (Å²) in [4.78, 5) is 7.65. The van der Waals surface area contributed by atoms with Gasteiger partial charge >= 0.3 is 0 Å². The van der Waals surface area contributed by atoms with Crippen LogP contribution in [-0.4, -0.2) is 28.0 Å². The van der Waals surface area contributed by atoms with Gasteiger partial charge in [0.25, 0.3) is 0 Å². The van der Waals surface area contributed by atoms with Gasteiger partial charge in [-0.15, -0.1) is 0 Å². The Balaban J connectivity index is 1.36. The fourth-order valence-corrected chi connectivity index (χ4v) is 5.34. The summed E-state index contributed by atoms with van der Waals surface area (Å²) in [5, 5.41) is 0. The highest BCUT2D eigenvalue weighted by molar-refractivity contribution is 5.57. The van der Waals surface area contributed by atoms with Crippen molar-refractivity contribution in [2.24, 2.45) is 0 Å². The van der Waals surface area contributed by atoms with Crippen molar-refractivity contribution < 1.29 is 18.9 Å². The molecule has 0 bridgehead atoms. The van der Waals surface area contributed by atoms with E-state index < -0.39 is 0 Å². The maximum atomic E-state index is 5.67. The molecule has 3 heterocycles. The van der Waals surface area contributed by atoms with Crippen LogP contribution < -0.4 is 18.9 Å². The minimum absolute atomic E-state index is 0.276. The molecule has 2 aliphatic heterocycles. The van der Waals surface area contributed by atoms with E-state index in [1.54, 1.807) is 0 Å². The molecule has 39 heavy (non-hydrogen) atoms. The fraction of sp³-hybridized carbons (Fsp3) is 0.344. The van der Waals surface area contributed by atoms with Gasteiger partial charge in [0.15, 0.2) is 23.0 Å². The first kappa shape index (κ1) is 25.3. The van der Waals surface area contributed by atoms with Crippen molar-refractivity contribution in [3.8, 4) is 34.4 Å². The van der Waals surface area contributed by atoms with Crippen LogP contribution in [0.4, 0.5) is 0 Å². The third kappa shape index (κ3) is 5.45. The number of benzene rings is 3. The maximum absolute atomic E-state index is 5.67. The van der Waals surface area contributed by atoms with Gasteiger partial charge in [0.2, 0.25) is 13.6 Å². The monoisotopic (exact) mass is 525 g/mol. The average molecular weight is 526 g/mol. The molecule has 0 amide bonds. The van der Waals surface area contributed by atoms with E-state index in [1.165, 1.54) is 16.8 Å². The highest BCUT2D eigenvalue weighted by Gasteiger charge is 2.22. The zero-order chi connectivity index (χ0) is 26.6. The summed E-state index contributed by atoms with van der Waals surface area (Å²) in [7, 11) is 0. The first-order valence-corrected chi connectivity index (χ1v) is 13.8. The molecule has 0 spiro atoms. The molecule has 0 atom stereocenters. The molecule has 0 radical (unpaired) electrons. The molecule has 3 aromatic carbocycles. The highest BCUT2D eigenvalue weighted by atomic mass is 16.7. The average Bonchev–Trinajstić information content (AvgIpc) is 3.70. The van der Waals surface area contributed by atoms with Crippen LogP contribution in [0.3, 0.4) is 0 Å². The van der Waals surface area contributed by atoms with E-state index in [0.717, 1.165) is 85.5 Å². The lowest BCUT2D eigenvalue weighted by molar-refractivity contribution is 0.173. The van der Waals surface area contributed by atoms with E-state index in [1.807, 2.05) is 12.1 Å². The summed E-state index contributed by atoms with van der Waals surface area (Å²) in [6, 6.07) is 23.0. The first-order valence-electron chi connectivity index (χ1n) is 13.8. The quantitative estimate of drug-likeness (QED) is 0.221. The maximum Gasteiger partial charge on any atom is 0.231 e. The van der Waals surface area contributed by atoms with Crippen LogP contribution in [0.1, 0.15) is 49.2 Å². The first-order chi connectivity index (χ1) is 19.2. The van der Waals surface area contributed by atoms with Crippen molar-refractivity contribution >= 4 is 0 Å². The Morgan fingerprint density at radius 2 is 1.36 bits per heavy atom. The lowest BCUT2D eigenvalue weighted by atomic mass is 10.1. The van der Waals surface area contributed by atoms with Crippen molar-refractivity contribution in [2.45, 2.75) is 59.3 Å². The Hall–Kier alpha value is -3.97. The van der Waals surface area contributed by atoms with Gasteiger partial charge < -0.3 is 23.5 Å². The molecule has 0 fully saturated rings. The summed E-state index contributed by atoms with van der Waals surface area (Å²) in [5.74, 6) is 4.29. The molecular weight excluding hydrogens is 490 g/mol. The predicted molar refractivity (Wildman–Crippen MR) is 150 cm³/mol. The van der Waals surface area contributed by atoms with Gasteiger partial charge in [0, 0.05) is 31.7 Å². The Kier molecular flexibility index (Phi) is 7.41. The third-order valence-corrected chi connectivity index (χ3v) is 7.32. The second-order valence-electron chi connectivity index (χ2n) is 10.1. The second-order valence-corrected chi connectivity index (χ2v) is 10.1. The second kappa shape index (κ2) is 11.4. The van der Waals surface area contributed by atoms with Gasteiger partial charge in [-0.05, 0) is 48.2 Å². The van der Waals surface area contributed by atoms with Crippen LogP contribution in [0.2, 0.25) is 0 Å². The van der Waals surface area contributed by atoms with Gasteiger partial charge in [0.1, 0.15) is 5.82 Å². The van der Waals surface area contributed by atoms with Gasteiger partial charge in [0.05, 0.1) is 11.4 Å². The summed E-state index contributed by atoms with van der Waals surface area (Å²) in [5.41, 5.74) is 5.96. The molecule has 6 rings (SSSR count). The lowest BCUT2D eigenvalue weighted by Gasteiger charge is -2.25. The Bertz CT molecular complexity index is 1370. The molecule has 2 aliphatic rings. The van der Waals surface area contributed by atoms with Crippen molar-refractivity contribution in [3.05, 3.63) is 89.2 Å². The van der Waals surface area contributed by atoms with E-state index in [0.29, 0.717) is 0 Å².